The van der Waals surface area contributed by atoms with E-state index in [2.05, 4.69) is 69.0 Å². The second-order valence-electron chi connectivity index (χ2n) is 11.5. The third-order valence-corrected chi connectivity index (χ3v) is 7.34. The fraction of sp³-hybridized carbons (Fsp3) is 0.400. The first kappa shape index (κ1) is 21.9. The lowest BCUT2D eigenvalue weighted by molar-refractivity contribution is -0.119. The molecule has 0 saturated heterocycles. The normalized spacial score (nSPS) is 22.4. The molecule has 0 saturated carbocycles. The van der Waals surface area contributed by atoms with Gasteiger partial charge in [0.1, 0.15) is 0 Å². The van der Waals surface area contributed by atoms with Crippen molar-refractivity contribution in [2.45, 2.75) is 65.8 Å². The summed E-state index contributed by atoms with van der Waals surface area (Å²) >= 11 is 0. The summed E-state index contributed by atoms with van der Waals surface area (Å²) in [7, 11) is 0. The molecule has 1 heterocycles. The van der Waals surface area contributed by atoms with Crippen molar-refractivity contribution in [2.75, 3.05) is 0 Å². The summed E-state index contributed by atoms with van der Waals surface area (Å²) in [5.41, 5.74) is 6.00. The van der Waals surface area contributed by atoms with E-state index >= 15 is 0 Å². The van der Waals surface area contributed by atoms with Crippen LogP contribution in [0.15, 0.2) is 83.2 Å². The third-order valence-electron chi connectivity index (χ3n) is 7.34. The van der Waals surface area contributed by atoms with Crippen molar-refractivity contribution >= 4 is 11.6 Å². The zero-order valence-corrected chi connectivity index (χ0v) is 20.2. The average molecular weight is 440 g/mol. The van der Waals surface area contributed by atoms with Crippen LogP contribution in [0.1, 0.15) is 70.4 Å². The van der Waals surface area contributed by atoms with E-state index in [0.717, 1.165) is 40.9 Å². The van der Waals surface area contributed by atoms with Gasteiger partial charge in [-0.05, 0) is 34.8 Å². The van der Waals surface area contributed by atoms with Crippen LogP contribution in [0.25, 0.3) is 0 Å². The molecule has 33 heavy (non-hydrogen) atoms. The molecule has 2 aromatic carbocycles. The fourth-order valence-electron chi connectivity index (χ4n) is 5.98. The number of ketones is 2. The molecule has 0 spiro atoms. The van der Waals surface area contributed by atoms with Crippen LogP contribution in [0.5, 0.6) is 0 Å². The molecule has 0 aromatic heterocycles. The van der Waals surface area contributed by atoms with Crippen LogP contribution in [-0.4, -0.2) is 16.5 Å². The molecule has 0 amide bonds. The summed E-state index contributed by atoms with van der Waals surface area (Å²) in [4.78, 5) is 29.8. The topological polar surface area (TPSA) is 37.4 Å². The molecule has 0 atom stereocenters. The summed E-state index contributed by atoms with van der Waals surface area (Å²) in [5.74, 6) is 0.130. The van der Waals surface area contributed by atoms with E-state index in [1.807, 2.05) is 24.3 Å². The number of hydrogen-bond acceptors (Lipinski definition) is 3. The highest BCUT2D eigenvalue weighted by Crippen LogP contribution is 2.54. The third kappa shape index (κ3) is 3.99. The standard InChI is InChI=1S/C30H33NO2/c1-29(2)15-22-27(24(32)17-29)26(21-13-9-6-10-14-21)28-23(16-30(3,4)18-25(28)33)31(22)19-20-11-7-5-8-12-20/h5-14,26H,15-19H2,1-4H3. The number of benzene rings is 2. The van der Waals surface area contributed by atoms with Crippen LogP contribution < -0.4 is 0 Å². The number of nitrogens with zero attached hydrogens (tertiary/aromatic N) is 1. The van der Waals surface area contributed by atoms with Gasteiger partial charge in [-0.25, -0.2) is 0 Å². The maximum absolute atomic E-state index is 13.7. The molecule has 2 aliphatic carbocycles. The van der Waals surface area contributed by atoms with Crippen molar-refractivity contribution in [2.24, 2.45) is 10.8 Å². The van der Waals surface area contributed by atoms with E-state index in [9.17, 15) is 9.59 Å². The molecule has 0 N–H and O–H groups in total. The van der Waals surface area contributed by atoms with Gasteiger partial charge in [-0.15, -0.1) is 0 Å². The number of hydrogen-bond donors (Lipinski definition) is 0. The van der Waals surface area contributed by atoms with Crippen LogP contribution in [0.3, 0.4) is 0 Å². The molecule has 0 bridgehead atoms. The Morgan fingerprint density at radius 3 is 1.64 bits per heavy atom. The lowest BCUT2D eigenvalue weighted by Gasteiger charge is -2.49. The van der Waals surface area contributed by atoms with Gasteiger partial charge < -0.3 is 4.90 Å². The lowest BCUT2D eigenvalue weighted by atomic mass is 9.63. The first-order valence-corrected chi connectivity index (χ1v) is 12.0. The second kappa shape index (κ2) is 7.83. The minimum atomic E-state index is -0.254. The van der Waals surface area contributed by atoms with Crippen LogP contribution in [-0.2, 0) is 16.1 Å². The van der Waals surface area contributed by atoms with E-state index in [0.29, 0.717) is 19.4 Å². The van der Waals surface area contributed by atoms with Gasteiger partial charge in [-0.3, -0.25) is 9.59 Å². The van der Waals surface area contributed by atoms with Crippen LogP contribution in [0, 0.1) is 10.8 Å². The molecule has 5 rings (SSSR count). The van der Waals surface area contributed by atoms with E-state index < -0.39 is 0 Å². The maximum atomic E-state index is 13.7. The molecule has 170 valence electrons. The van der Waals surface area contributed by atoms with Gasteiger partial charge in [0, 0.05) is 47.8 Å². The first-order chi connectivity index (χ1) is 15.7. The average Bonchev–Trinajstić information content (AvgIpc) is 2.74. The van der Waals surface area contributed by atoms with E-state index in [-0.39, 0.29) is 28.3 Å². The van der Waals surface area contributed by atoms with Crippen molar-refractivity contribution < 1.29 is 9.59 Å². The number of allylic oxidation sites excluding steroid dienone is 4. The summed E-state index contributed by atoms with van der Waals surface area (Å²) in [6.45, 7) is 9.44. The smallest absolute Gasteiger partial charge is 0.162 e. The molecule has 0 unspecified atom stereocenters. The van der Waals surface area contributed by atoms with Gasteiger partial charge >= 0.3 is 0 Å². The fourth-order valence-corrected chi connectivity index (χ4v) is 5.98. The summed E-state index contributed by atoms with van der Waals surface area (Å²) in [6.07, 6.45) is 2.73. The predicted molar refractivity (Wildman–Crippen MR) is 131 cm³/mol. The molecule has 0 radical (unpaired) electrons. The molecule has 3 heteroatoms. The van der Waals surface area contributed by atoms with Crippen molar-refractivity contribution in [3.63, 3.8) is 0 Å². The SMILES string of the molecule is CC1(C)CC(=O)C2=C(C1)N(Cc1ccccc1)C1=C(C(=O)CC(C)(C)C1)C2c1ccccc1. The Balaban J connectivity index is 1.76. The number of carbonyl (C=O) groups excluding carboxylic acids is 2. The molecule has 1 aliphatic heterocycles. The Hall–Kier alpha value is -2.94. The van der Waals surface area contributed by atoms with Crippen LogP contribution >= 0.6 is 0 Å². The largest absolute Gasteiger partial charge is 0.343 e. The second-order valence-corrected chi connectivity index (χ2v) is 11.5. The number of carbonyl (C=O) groups is 2. The molecular formula is C30H33NO2. The Kier molecular flexibility index (Phi) is 5.19. The van der Waals surface area contributed by atoms with Gasteiger partial charge in [0.05, 0.1) is 0 Å². The van der Waals surface area contributed by atoms with Gasteiger partial charge in [0.2, 0.25) is 0 Å². The minimum Gasteiger partial charge on any atom is -0.343 e. The van der Waals surface area contributed by atoms with Crippen molar-refractivity contribution in [1.29, 1.82) is 0 Å². The molecule has 0 fully saturated rings. The summed E-state index contributed by atoms with van der Waals surface area (Å²) < 4.78 is 0. The van der Waals surface area contributed by atoms with Crippen LogP contribution in [0.4, 0.5) is 0 Å². The van der Waals surface area contributed by atoms with E-state index in [1.165, 1.54) is 5.56 Å². The van der Waals surface area contributed by atoms with Gasteiger partial charge in [0.15, 0.2) is 11.6 Å². The highest BCUT2D eigenvalue weighted by molar-refractivity contribution is 6.06. The maximum Gasteiger partial charge on any atom is 0.162 e. The Bertz CT molecular complexity index is 1110. The van der Waals surface area contributed by atoms with E-state index in [4.69, 9.17) is 0 Å². The predicted octanol–water partition coefficient (Wildman–Crippen LogP) is 6.57. The Morgan fingerprint density at radius 1 is 0.697 bits per heavy atom. The highest BCUT2D eigenvalue weighted by Gasteiger charge is 2.48. The monoisotopic (exact) mass is 439 g/mol. The Labute approximate surface area is 197 Å². The minimum absolute atomic E-state index is 0.0989. The lowest BCUT2D eigenvalue weighted by Crippen LogP contribution is -2.44. The molecule has 3 nitrogen and oxygen atoms in total. The van der Waals surface area contributed by atoms with E-state index in [1.54, 1.807) is 0 Å². The quantitative estimate of drug-likeness (QED) is 0.543. The molecule has 2 aromatic rings. The Morgan fingerprint density at radius 2 is 1.15 bits per heavy atom. The van der Waals surface area contributed by atoms with Crippen molar-refractivity contribution in [1.82, 2.24) is 4.90 Å². The zero-order chi connectivity index (χ0) is 23.4. The van der Waals surface area contributed by atoms with Gasteiger partial charge in [-0.2, -0.15) is 0 Å². The molecular weight excluding hydrogens is 406 g/mol. The number of Topliss-reactive ketones (excluding diaryl/α,β-unsaturated/α-hetero) is 2. The van der Waals surface area contributed by atoms with Crippen LogP contribution in [0.2, 0.25) is 0 Å². The van der Waals surface area contributed by atoms with Crippen molar-refractivity contribution in [3.05, 3.63) is 94.3 Å². The summed E-state index contributed by atoms with van der Waals surface area (Å²) in [5, 5.41) is 0. The first-order valence-electron chi connectivity index (χ1n) is 12.0. The number of rotatable bonds is 3. The van der Waals surface area contributed by atoms with Gasteiger partial charge in [0.25, 0.3) is 0 Å². The zero-order valence-electron chi connectivity index (χ0n) is 20.2. The summed E-state index contributed by atoms with van der Waals surface area (Å²) in [6, 6.07) is 20.6. The van der Waals surface area contributed by atoms with Gasteiger partial charge in [-0.1, -0.05) is 88.4 Å². The van der Waals surface area contributed by atoms with Crippen molar-refractivity contribution in [3.8, 4) is 0 Å². The molecule has 3 aliphatic rings. The highest BCUT2D eigenvalue weighted by atomic mass is 16.1.